The van der Waals surface area contributed by atoms with E-state index < -0.39 is 0 Å². The molecule has 2 aromatic rings. The molecule has 2 rings (SSSR count). The number of thiazole rings is 1. The van der Waals surface area contributed by atoms with Crippen molar-refractivity contribution in [2.24, 2.45) is 0 Å². The van der Waals surface area contributed by atoms with Gasteiger partial charge in [0.1, 0.15) is 16.7 Å². The quantitative estimate of drug-likeness (QED) is 0.822. The zero-order valence-corrected chi connectivity index (χ0v) is 13.1. The highest BCUT2D eigenvalue weighted by Gasteiger charge is 2.07. The normalized spacial score (nSPS) is 10.7. The fourth-order valence-electron chi connectivity index (χ4n) is 1.60. The molecular weight excluding hydrogens is 276 g/mol. The van der Waals surface area contributed by atoms with Gasteiger partial charge in [0.05, 0.1) is 0 Å². The third-order valence-corrected chi connectivity index (χ3v) is 4.35. The second kappa shape index (κ2) is 6.86. The molecule has 2 heterocycles. The van der Waals surface area contributed by atoms with Gasteiger partial charge in [0.15, 0.2) is 4.34 Å². The second-order valence-electron chi connectivity index (χ2n) is 4.14. The Labute approximate surface area is 122 Å². The zero-order chi connectivity index (χ0) is 13.7. The first-order valence-electron chi connectivity index (χ1n) is 6.43. The lowest BCUT2D eigenvalue weighted by atomic mass is 10.3. The van der Waals surface area contributed by atoms with Crippen LogP contribution in [0.5, 0.6) is 0 Å². The molecule has 19 heavy (non-hydrogen) atoms. The standard InChI is InChI=1S/C13H18N4S2/c1-4-6-10-16-11(14-5-2)7-12(17-10)19-13-15-9(3)8-18-13/h7-8H,4-6H2,1-3H3,(H,14,16,17). The molecule has 6 heteroatoms. The highest BCUT2D eigenvalue weighted by molar-refractivity contribution is 8.01. The maximum Gasteiger partial charge on any atom is 0.156 e. The van der Waals surface area contributed by atoms with Gasteiger partial charge in [0, 0.05) is 30.1 Å². The molecule has 0 saturated heterocycles. The second-order valence-corrected chi connectivity index (χ2v) is 6.27. The molecule has 0 aliphatic carbocycles. The van der Waals surface area contributed by atoms with Gasteiger partial charge in [-0.15, -0.1) is 11.3 Å². The van der Waals surface area contributed by atoms with Gasteiger partial charge in [0.25, 0.3) is 0 Å². The van der Waals surface area contributed by atoms with Crippen LogP contribution in [0.3, 0.4) is 0 Å². The van der Waals surface area contributed by atoms with Gasteiger partial charge >= 0.3 is 0 Å². The van der Waals surface area contributed by atoms with Gasteiger partial charge < -0.3 is 5.32 Å². The predicted octanol–water partition coefficient (Wildman–Crippen LogP) is 3.78. The summed E-state index contributed by atoms with van der Waals surface area (Å²) in [5, 5.41) is 6.28. The smallest absolute Gasteiger partial charge is 0.156 e. The van der Waals surface area contributed by atoms with Crippen LogP contribution in [-0.2, 0) is 6.42 Å². The molecule has 0 aromatic carbocycles. The third-order valence-electron chi connectivity index (χ3n) is 2.37. The minimum Gasteiger partial charge on any atom is -0.370 e. The maximum atomic E-state index is 4.59. The Morgan fingerprint density at radius 2 is 2.11 bits per heavy atom. The first-order valence-corrected chi connectivity index (χ1v) is 8.12. The van der Waals surface area contributed by atoms with Gasteiger partial charge in [-0.3, -0.25) is 0 Å². The van der Waals surface area contributed by atoms with Gasteiger partial charge in [0.2, 0.25) is 0 Å². The molecule has 0 fully saturated rings. The number of nitrogens with zero attached hydrogens (tertiary/aromatic N) is 3. The van der Waals surface area contributed by atoms with Crippen molar-refractivity contribution in [3.8, 4) is 0 Å². The summed E-state index contributed by atoms with van der Waals surface area (Å²) in [6.07, 6.45) is 1.96. The monoisotopic (exact) mass is 294 g/mol. The fraction of sp³-hybridized carbons (Fsp3) is 0.462. The van der Waals surface area contributed by atoms with Crippen molar-refractivity contribution in [1.29, 1.82) is 0 Å². The molecule has 0 atom stereocenters. The minimum atomic E-state index is 0.864. The first-order chi connectivity index (χ1) is 9.21. The van der Waals surface area contributed by atoms with E-state index in [2.05, 4.69) is 39.5 Å². The molecule has 0 saturated carbocycles. The summed E-state index contributed by atoms with van der Waals surface area (Å²) in [6.45, 7) is 7.08. The van der Waals surface area contributed by atoms with E-state index in [0.717, 1.165) is 46.1 Å². The summed E-state index contributed by atoms with van der Waals surface area (Å²) in [5.74, 6) is 1.80. The van der Waals surface area contributed by atoms with E-state index in [0.29, 0.717) is 0 Å². The number of hydrogen-bond donors (Lipinski definition) is 1. The molecule has 2 aromatic heterocycles. The lowest BCUT2D eigenvalue weighted by Gasteiger charge is -2.07. The molecular formula is C13H18N4S2. The average molecular weight is 294 g/mol. The van der Waals surface area contributed by atoms with Crippen LogP contribution in [0.25, 0.3) is 0 Å². The zero-order valence-electron chi connectivity index (χ0n) is 11.4. The Balaban J connectivity index is 2.22. The van der Waals surface area contributed by atoms with Crippen LogP contribution in [0, 0.1) is 6.92 Å². The molecule has 1 N–H and O–H groups in total. The Bertz CT molecular complexity index is 515. The highest BCUT2D eigenvalue weighted by atomic mass is 32.2. The maximum absolute atomic E-state index is 4.59. The highest BCUT2D eigenvalue weighted by Crippen LogP contribution is 2.30. The van der Waals surface area contributed by atoms with Crippen LogP contribution in [0.15, 0.2) is 20.8 Å². The Kier molecular flexibility index (Phi) is 5.15. The lowest BCUT2D eigenvalue weighted by Crippen LogP contribution is -2.04. The van der Waals surface area contributed by atoms with Crippen molar-refractivity contribution in [3.05, 3.63) is 23.0 Å². The van der Waals surface area contributed by atoms with E-state index in [9.17, 15) is 0 Å². The van der Waals surface area contributed by atoms with Crippen molar-refractivity contribution < 1.29 is 0 Å². The number of nitrogens with one attached hydrogen (secondary N) is 1. The van der Waals surface area contributed by atoms with Crippen LogP contribution in [0.1, 0.15) is 31.8 Å². The van der Waals surface area contributed by atoms with E-state index in [1.165, 1.54) is 0 Å². The summed E-state index contributed by atoms with van der Waals surface area (Å²) >= 11 is 3.26. The van der Waals surface area contributed by atoms with Crippen LogP contribution < -0.4 is 5.32 Å². The van der Waals surface area contributed by atoms with Gasteiger partial charge in [-0.25, -0.2) is 15.0 Å². The molecule has 0 unspecified atom stereocenters. The third kappa shape index (κ3) is 4.18. The minimum absolute atomic E-state index is 0.864. The summed E-state index contributed by atoms with van der Waals surface area (Å²) in [7, 11) is 0. The first kappa shape index (κ1) is 14.3. The summed E-state index contributed by atoms with van der Waals surface area (Å²) in [4.78, 5) is 13.6. The number of anilines is 1. The summed E-state index contributed by atoms with van der Waals surface area (Å²) < 4.78 is 1.03. The average Bonchev–Trinajstić information content (AvgIpc) is 2.75. The lowest BCUT2D eigenvalue weighted by molar-refractivity contribution is 0.810. The van der Waals surface area contributed by atoms with E-state index >= 15 is 0 Å². The molecule has 0 radical (unpaired) electrons. The van der Waals surface area contributed by atoms with E-state index in [1.807, 2.05) is 13.0 Å². The molecule has 4 nitrogen and oxygen atoms in total. The van der Waals surface area contributed by atoms with Crippen molar-refractivity contribution in [1.82, 2.24) is 15.0 Å². The molecule has 0 bridgehead atoms. The number of hydrogen-bond acceptors (Lipinski definition) is 6. The largest absolute Gasteiger partial charge is 0.370 e. The van der Waals surface area contributed by atoms with Gasteiger partial charge in [-0.1, -0.05) is 6.92 Å². The van der Waals surface area contributed by atoms with Crippen LogP contribution in [0.4, 0.5) is 5.82 Å². The van der Waals surface area contributed by atoms with E-state index in [1.54, 1.807) is 23.1 Å². The summed E-state index contributed by atoms with van der Waals surface area (Å²) in [5.41, 5.74) is 1.06. The van der Waals surface area contributed by atoms with Crippen LogP contribution in [-0.4, -0.2) is 21.5 Å². The van der Waals surface area contributed by atoms with Crippen molar-refractivity contribution >= 4 is 28.9 Å². The SMILES string of the molecule is CCCc1nc(NCC)cc(Sc2nc(C)cs2)n1. The van der Waals surface area contributed by atoms with Crippen LogP contribution in [0.2, 0.25) is 0 Å². The molecule has 0 aliphatic rings. The summed E-state index contributed by atoms with van der Waals surface area (Å²) in [6, 6.07) is 1.99. The molecule has 0 aliphatic heterocycles. The molecule has 0 amide bonds. The van der Waals surface area contributed by atoms with E-state index in [4.69, 9.17) is 0 Å². The van der Waals surface area contributed by atoms with E-state index in [-0.39, 0.29) is 0 Å². The fourth-order valence-corrected chi connectivity index (χ4v) is 3.40. The molecule has 0 spiro atoms. The van der Waals surface area contributed by atoms with Crippen LogP contribution >= 0.6 is 23.1 Å². The Morgan fingerprint density at radius 3 is 2.74 bits per heavy atom. The van der Waals surface area contributed by atoms with Gasteiger partial charge in [-0.2, -0.15) is 0 Å². The van der Waals surface area contributed by atoms with Gasteiger partial charge in [-0.05, 0) is 32.0 Å². The topological polar surface area (TPSA) is 50.7 Å². The Hall–Kier alpha value is -1.14. The Morgan fingerprint density at radius 1 is 1.26 bits per heavy atom. The number of aryl methyl sites for hydroxylation is 2. The van der Waals surface area contributed by atoms with Crippen molar-refractivity contribution in [2.75, 3.05) is 11.9 Å². The molecule has 102 valence electrons. The van der Waals surface area contributed by atoms with Crippen molar-refractivity contribution in [3.63, 3.8) is 0 Å². The van der Waals surface area contributed by atoms with Crippen molar-refractivity contribution in [2.45, 2.75) is 43.0 Å². The number of rotatable bonds is 6. The predicted molar refractivity (Wildman–Crippen MR) is 81.2 cm³/mol. The number of aromatic nitrogens is 3.